The number of ether oxygens (including phenoxy) is 2. The summed E-state index contributed by atoms with van der Waals surface area (Å²) < 4.78 is 134. The van der Waals surface area contributed by atoms with E-state index in [4.69, 9.17) is 18.5 Å². The molecule has 0 unspecified atom stereocenters. The summed E-state index contributed by atoms with van der Waals surface area (Å²) >= 11 is 0. The van der Waals surface area contributed by atoms with Crippen molar-refractivity contribution in [1.82, 2.24) is 19.4 Å². The fraction of sp³-hybridized carbons (Fsp3) is 0.297. The first-order valence-electron chi connectivity index (χ1n) is 16.8. The second kappa shape index (κ2) is 19.6. The summed E-state index contributed by atoms with van der Waals surface area (Å²) in [4.78, 5) is 17.6. The zero-order chi connectivity index (χ0) is 39.4. The standard InChI is InChI=1S/C37H34F7N4O6P.ClH.Na/c1-24(28-18-29(36(39,40)41)20-30(19-28)37(42,43)44)54-34-33(27-12-14-31(38)15-13-27)47(16-17-51-34)21-32-45-35(49)48(46-32)55(50,52-22-25-8-4-2-5-9-25)53-23-26-10-6-3-7-11-26;;/h2-15,18-20,24,33-34H,16-17,21-23H2,1H3,(H,45,46,49);1H;/q;;+1/p-1/t24-,33+,34-;;/m1../s1. The van der Waals surface area contributed by atoms with Gasteiger partial charge in [0.2, 0.25) is 0 Å². The number of halogens is 8. The molecule has 0 amide bonds. The van der Waals surface area contributed by atoms with E-state index >= 15 is 0 Å². The van der Waals surface area contributed by atoms with Crippen molar-refractivity contribution in [2.24, 2.45) is 0 Å². The second-order valence-corrected chi connectivity index (χ2v) is 14.4. The van der Waals surface area contributed by atoms with Gasteiger partial charge in [0, 0.05) is 6.54 Å². The summed E-state index contributed by atoms with van der Waals surface area (Å²) in [6.07, 6.45) is -12.8. The van der Waals surface area contributed by atoms with Gasteiger partial charge in [-0.3, -0.25) is 18.9 Å². The van der Waals surface area contributed by atoms with Crippen LogP contribution < -0.4 is 47.7 Å². The van der Waals surface area contributed by atoms with Crippen LogP contribution in [0.4, 0.5) is 30.7 Å². The molecule has 300 valence electrons. The number of aromatic nitrogens is 3. The second-order valence-electron chi connectivity index (χ2n) is 12.6. The van der Waals surface area contributed by atoms with E-state index in [0.717, 1.165) is 12.1 Å². The number of benzene rings is 4. The summed E-state index contributed by atoms with van der Waals surface area (Å²) in [5.74, 6) is -0.586. The van der Waals surface area contributed by atoms with E-state index in [1.165, 1.54) is 19.1 Å². The van der Waals surface area contributed by atoms with Gasteiger partial charge in [-0.2, -0.15) is 26.3 Å². The quantitative estimate of drug-likeness (QED) is 0.110. The van der Waals surface area contributed by atoms with Crippen molar-refractivity contribution < 1.29 is 95.8 Å². The molecule has 10 nitrogen and oxygen atoms in total. The molecule has 4 aromatic carbocycles. The van der Waals surface area contributed by atoms with Crippen molar-refractivity contribution in [2.45, 2.75) is 57.5 Å². The van der Waals surface area contributed by atoms with Crippen molar-refractivity contribution in [3.8, 4) is 0 Å². The fourth-order valence-electron chi connectivity index (χ4n) is 5.90. The molecule has 57 heavy (non-hydrogen) atoms. The minimum absolute atomic E-state index is 0. The predicted molar refractivity (Wildman–Crippen MR) is 184 cm³/mol. The van der Waals surface area contributed by atoms with Crippen LogP contribution in [-0.2, 0) is 55.2 Å². The van der Waals surface area contributed by atoms with Gasteiger partial charge < -0.3 is 21.9 Å². The van der Waals surface area contributed by atoms with Crippen molar-refractivity contribution in [1.29, 1.82) is 0 Å². The average Bonchev–Trinajstić information content (AvgIpc) is 3.54. The van der Waals surface area contributed by atoms with E-state index in [2.05, 4.69) is 10.1 Å². The third-order valence-corrected chi connectivity index (χ3v) is 10.3. The Balaban J connectivity index is 0.00000360. The minimum atomic E-state index is -5.08. The van der Waals surface area contributed by atoms with Crippen LogP contribution in [-0.4, -0.2) is 38.9 Å². The van der Waals surface area contributed by atoms with Crippen molar-refractivity contribution in [3.05, 3.63) is 159 Å². The molecule has 1 aliphatic heterocycles. The number of morpholine rings is 1. The molecule has 5 aromatic rings. The molecule has 0 saturated carbocycles. The molecule has 1 fully saturated rings. The first-order valence-corrected chi connectivity index (χ1v) is 18.3. The van der Waals surface area contributed by atoms with Crippen LogP contribution in [0.25, 0.3) is 0 Å². The third-order valence-electron chi connectivity index (χ3n) is 8.65. The Labute approximate surface area is 350 Å². The molecule has 0 aliphatic carbocycles. The van der Waals surface area contributed by atoms with Crippen molar-refractivity contribution >= 4 is 7.75 Å². The van der Waals surface area contributed by atoms with E-state index in [1.54, 1.807) is 65.6 Å². The van der Waals surface area contributed by atoms with Crippen LogP contribution in [0.5, 0.6) is 0 Å². The zero-order valence-electron chi connectivity index (χ0n) is 30.3. The van der Waals surface area contributed by atoms with Crippen LogP contribution in [0, 0.1) is 5.82 Å². The number of nitrogens with one attached hydrogen (secondary N) is 1. The maximum Gasteiger partial charge on any atom is 1.00 e. The smallest absolute Gasteiger partial charge is 1.00 e. The van der Waals surface area contributed by atoms with Gasteiger partial charge in [0.15, 0.2) is 6.29 Å². The predicted octanol–water partition coefficient (Wildman–Crippen LogP) is 2.82. The Bertz CT molecular complexity index is 2080. The van der Waals surface area contributed by atoms with Gasteiger partial charge in [-0.1, -0.05) is 72.8 Å². The largest absolute Gasteiger partial charge is 1.00 e. The summed E-state index contributed by atoms with van der Waals surface area (Å²) in [6, 6.07) is 22.9. The topological polar surface area (TPSA) is 108 Å². The first kappa shape index (κ1) is 46.3. The number of alkyl halides is 6. The minimum Gasteiger partial charge on any atom is -1.00 e. The van der Waals surface area contributed by atoms with Gasteiger partial charge in [0.25, 0.3) is 0 Å². The summed E-state index contributed by atoms with van der Waals surface area (Å²) in [5, 5.41) is 4.28. The Morgan fingerprint density at radius 1 is 0.860 bits per heavy atom. The van der Waals surface area contributed by atoms with Crippen molar-refractivity contribution in [2.75, 3.05) is 13.2 Å². The maximum atomic E-state index is 14.3. The molecule has 2 heterocycles. The number of hydrogen-bond donors (Lipinski definition) is 1. The Kier molecular flexibility index (Phi) is 15.9. The van der Waals surface area contributed by atoms with Crippen molar-refractivity contribution in [3.63, 3.8) is 0 Å². The van der Waals surface area contributed by atoms with E-state index < -0.39 is 66.7 Å². The summed E-state index contributed by atoms with van der Waals surface area (Å²) in [5.41, 5.74) is -2.65. The van der Waals surface area contributed by atoms with Crippen LogP contribution >= 0.6 is 7.75 Å². The van der Waals surface area contributed by atoms with E-state index in [-0.39, 0.29) is 86.8 Å². The number of aromatic amines is 1. The molecule has 3 atom stereocenters. The average molecular weight is 853 g/mol. The molecule has 20 heteroatoms. The molecule has 0 radical (unpaired) electrons. The number of hydrogen-bond acceptors (Lipinski definition) is 8. The van der Waals surface area contributed by atoms with Crippen LogP contribution in [0.1, 0.15) is 58.3 Å². The SMILES string of the molecule is C[C@@H](O[C@H]1OCCN(Cc2nn(P(=O)(OCc3ccccc3)OCc3ccccc3)c(=O)[nH]2)[C@H]1c1ccc(F)cc1)c1cc(C(F)(F)F)cc(C(F)(F)F)c1.[Cl-].[Na+]. The Morgan fingerprint density at radius 2 is 1.39 bits per heavy atom. The fourth-order valence-corrected chi connectivity index (χ4v) is 7.30. The normalized spacial score (nSPS) is 17.1. The Morgan fingerprint density at radius 3 is 1.89 bits per heavy atom. The zero-order valence-corrected chi connectivity index (χ0v) is 34.0. The van der Waals surface area contributed by atoms with Gasteiger partial charge in [-0.25, -0.2) is 13.8 Å². The van der Waals surface area contributed by atoms with Gasteiger partial charge in [0.1, 0.15) is 11.6 Å². The van der Waals surface area contributed by atoms with Crippen LogP contribution in [0.2, 0.25) is 0 Å². The molecule has 1 N–H and O–H groups in total. The molecule has 1 aromatic heterocycles. The van der Waals surface area contributed by atoms with E-state index in [1.807, 2.05) is 0 Å². The van der Waals surface area contributed by atoms with Gasteiger partial charge in [0.05, 0.1) is 49.6 Å². The summed E-state index contributed by atoms with van der Waals surface area (Å²) in [7, 11) is -4.46. The van der Waals surface area contributed by atoms with Gasteiger partial charge >= 0.3 is 55.3 Å². The number of H-pyrrole nitrogens is 1. The molecule has 0 spiro atoms. The monoisotopic (exact) mass is 852 g/mol. The van der Waals surface area contributed by atoms with Gasteiger partial charge in [-0.05, 0) is 59.5 Å². The van der Waals surface area contributed by atoms with Crippen LogP contribution in [0.15, 0.2) is 108 Å². The molecule has 6 rings (SSSR count). The molecule has 0 bridgehead atoms. The van der Waals surface area contributed by atoms with Gasteiger partial charge in [-0.15, -0.1) is 9.55 Å². The Hall–Kier alpha value is -3.35. The first-order chi connectivity index (χ1) is 26.1. The third kappa shape index (κ3) is 11.9. The number of nitrogens with zero attached hydrogens (tertiary/aromatic N) is 3. The molecule has 1 saturated heterocycles. The summed E-state index contributed by atoms with van der Waals surface area (Å²) in [6.45, 7) is 0.855. The molecular weight excluding hydrogens is 819 g/mol. The molecular formula is C37H34ClF7N4NaO6P. The van der Waals surface area contributed by atoms with E-state index in [9.17, 15) is 40.1 Å². The number of rotatable bonds is 13. The maximum absolute atomic E-state index is 14.3. The van der Waals surface area contributed by atoms with Crippen LogP contribution in [0.3, 0.4) is 0 Å². The molecule has 1 aliphatic rings. The van der Waals surface area contributed by atoms with E-state index in [0.29, 0.717) is 33.3 Å².